The highest BCUT2D eigenvalue weighted by atomic mass is 35.5. The fraction of sp³-hybridized carbons (Fsp3) is 0.381. The van der Waals surface area contributed by atoms with Crippen LogP contribution in [0.5, 0.6) is 0 Å². The van der Waals surface area contributed by atoms with Gasteiger partial charge in [0.25, 0.3) is 0 Å². The van der Waals surface area contributed by atoms with E-state index in [0.29, 0.717) is 30.0 Å². The minimum atomic E-state index is 0. The zero-order valence-electron chi connectivity index (χ0n) is 15.5. The van der Waals surface area contributed by atoms with Crippen molar-refractivity contribution in [3.8, 4) is 6.07 Å². The van der Waals surface area contributed by atoms with Crippen LogP contribution in [0.3, 0.4) is 0 Å². The van der Waals surface area contributed by atoms with Crippen molar-refractivity contribution in [3.05, 3.63) is 53.9 Å². The van der Waals surface area contributed by atoms with Crippen LogP contribution >= 0.6 is 12.4 Å². The fourth-order valence-electron chi connectivity index (χ4n) is 4.68. The first-order valence-electron chi connectivity index (χ1n) is 9.54. The van der Waals surface area contributed by atoms with Crippen LogP contribution in [0.15, 0.2) is 42.6 Å². The lowest BCUT2D eigenvalue weighted by Gasteiger charge is -2.21. The van der Waals surface area contributed by atoms with Crippen LogP contribution in [0.4, 0.5) is 5.95 Å². The number of benzene rings is 1. The second kappa shape index (κ2) is 7.42. The third kappa shape index (κ3) is 3.11. The molecule has 5 rings (SSSR count). The van der Waals surface area contributed by atoms with Gasteiger partial charge in [0.2, 0.25) is 5.95 Å². The number of imidazole rings is 1. The van der Waals surface area contributed by atoms with E-state index in [-0.39, 0.29) is 12.4 Å². The lowest BCUT2D eigenvalue weighted by Crippen LogP contribution is -2.31. The maximum absolute atomic E-state index is 8.99. The summed E-state index contributed by atoms with van der Waals surface area (Å²) in [5, 5.41) is 8.99. The lowest BCUT2D eigenvalue weighted by molar-refractivity contribution is 0.453. The van der Waals surface area contributed by atoms with Gasteiger partial charge in [0.05, 0.1) is 28.8 Å². The lowest BCUT2D eigenvalue weighted by atomic mass is 9.98. The number of pyridine rings is 1. The molecule has 28 heavy (non-hydrogen) atoms. The van der Waals surface area contributed by atoms with Gasteiger partial charge in [0.1, 0.15) is 6.07 Å². The van der Waals surface area contributed by atoms with Gasteiger partial charge in [-0.3, -0.25) is 4.98 Å². The van der Waals surface area contributed by atoms with Crippen LogP contribution in [-0.4, -0.2) is 33.7 Å². The number of nitrogens with zero attached hydrogens (tertiary/aromatic N) is 5. The Labute approximate surface area is 170 Å². The Balaban J connectivity index is 0.00000192. The summed E-state index contributed by atoms with van der Waals surface area (Å²) >= 11 is 0. The van der Waals surface area contributed by atoms with Crippen LogP contribution < -0.4 is 10.6 Å². The molecule has 3 heterocycles. The minimum Gasteiger partial charge on any atom is -0.342 e. The number of nitriles is 1. The van der Waals surface area contributed by atoms with Gasteiger partial charge in [-0.05, 0) is 48.9 Å². The molecule has 2 fully saturated rings. The molecule has 0 bridgehead atoms. The van der Waals surface area contributed by atoms with Gasteiger partial charge in [0.15, 0.2) is 0 Å². The van der Waals surface area contributed by atoms with E-state index in [2.05, 4.69) is 32.7 Å². The smallest absolute Gasteiger partial charge is 0.206 e. The number of aromatic nitrogens is 3. The number of hydrogen-bond acceptors (Lipinski definition) is 5. The van der Waals surface area contributed by atoms with Crippen LogP contribution in [0, 0.1) is 23.2 Å². The molecule has 0 radical (unpaired) electrons. The van der Waals surface area contributed by atoms with Crippen molar-refractivity contribution >= 4 is 29.4 Å². The summed E-state index contributed by atoms with van der Waals surface area (Å²) in [5.41, 5.74) is 9.95. The van der Waals surface area contributed by atoms with E-state index in [0.717, 1.165) is 42.2 Å². The summed E-state index contributed by atoms with van der Waals surface area (Å²) in [4.78, 5) is 11.8. The van der Waals surface area contributed by atoms with E-state index in [1.165, 1.54) is 6.42 Å². The van der Waals surface area contributed by atoms with Crippen molar-refractivity contribution in [3.63, 3.8) is 0 Å². The Kier molecular flexibility index (Phi) is 4.96. The average molecular weight is 395 g/mol. The van der Waals surface area contributed by atoms with Crippen molar-refractivity contribution in [1.82, 2.24) is 14.5 Å². The molecule has 0 unspecified atom stereocenters. The Bertz CT molecular complexity index is 1020. The zero-order valence-corrected chi connectivity index (χ0v) is 16.3. The van der Waals surface area contributed by atoms with Crippen molar-refractivity contribution < 1.29 is 0 Å². The quantitative estimate of drug-likeness (QED) is 0.738. The molecule has 1 aromatic carbocycles. The van der Waals surface area contributed by atoms with E-state index in [1.54, 1.807) is 6.20 Å². The molecule has 1 aliphatic heterocycles. The van der Waals surface area contributed by atoms with Gasteiger partial charge in [-0.1, -0.05) is 12.1 Å². The molecule has 0 amide bonds. The second-order valence-corrected chi connectivity index (χ2v) is 7.71. The van der Waals surface area contributed by atoms with Crippen molar-refractivity contribution in [2.24, 2.45) is 17.6 Å². The normalized spacial score (nSPS) is 23.4. The number of nitrogens with two attached hydrogens (primary N) is 1. The van der Waals surface area contributed by atoms with Crippen molar-refractivity contribution in [2.75, 3.05) is 18.0 Å². The number of hydrogen-bond donors (Lipinski definition) is 1. The first-order valence-corrected chi connectivity index (χ1v) is 9.54. The Morgan fingerprint density at radius 2 is 2.00 bits per heavy atom. The highest BCUT2D eigenvalue weighted by Gasteiger charge is 2.42. The number of halogens is 1. The molecule has 2 aromatic heterocycles. The van der Waals surface area contributed by atoms with Crippen molar-refractivity contribution in [2.45, 2.75) is 25.4 Å². The minimum absolute atomic E-state index is 0. The molecule has 2 N–H and O–H groups in total. The summed E-state index contributed by atoms with van der Waals surface area (Å²) < 4.78 is 2.25. The standard InChI is InChI=1S/C21H22N6.ClH/c22-9-14-5-7-16(24-10-14)12-27-20-4-2-1-3-19(20)25-21(27)26-11-15-6-8-18(23)17(15)13-26;/h1-5,7,10,15,17-18H,6,8,11-13,23H2;1H/t15-,17+,18-;/m1./s1. The number of anilines is 1. The number of rotatable bonds is 3. The molecule has 3 atom stereocenters. The summed E-state index contributed by atoms with van der Waals surface area (Å²) in [5.74, 6) is 2.26. The van der Waals surface area contributed by atoms with Crippen LogP contribution in [-0.2, 0) is 6.54 Å². The highest BCUT2D eigenvalue weighted by Crippen LogP contribution is 2.39. The molecule has 7 heteroatoms. The molecule has 1 saturated heterocycles. The molecule has 6 nitrogen and oxygen atoms in total. The first kappa shape index (κ1) is 18.7. The van der Waals surface area contributed by atoms with E-state index >= 15 is 0 Å². The molecule has 0 spiro atoms. The van der Waals surface area contributed by atoms with E-state index < -0.39 is 0 Å². The van der Waals surface area contributed by atoms with Gasteiger partial charge in [0, 0.05) is 25.3 Å². The Morgan fingerprint density at radius 3 is 2.75 bits per heavy atom. The maximum Gasteiger partial charge on any atom is 0.206 e. The number of para-hydroxylation sites is 2. The molecule has 144 valence electrons. The van der Waals surface area contributed by atoms with Crippen LogP contribution in [0.1, 0.15) is 24.1 Å². The van der Waals surface area contributed by atoms with Gasteiger partial charge in [-0.2, -0.15) is 5.26 Å². The molecule has 1 aliphatic carbocycles. The molecule has 1 saturated carbocycles. The summed E-state index contributed by atoms with van der Waals surface area (Å²) in [6.07, 6.45) is 4.00. The predicted molar refractivity (Wildman–Crippen MR) is 111 cm³/mol. The van der Waals surface area contributed by atoms with Crippen molar-refractivity contribution in [1.29, 1.82) is 5.26 Å². The van der Waals surface area contributed by atoms with Gasteiger partial charge >= 0.3 is 0 Å². The predicted octanol–water partition coefficient (Wildman–Crippen LogP) is 2.95. The van der Waals surface area contributed by atoms with Crippen LogP contribution in [0.25, 0.3) is 11.0 Å². The van der Waals surface area contributed by atoms with E-state index in [4.69, 9.17) is 16.0 Å². The Hall–Kier alpha value is -2.62. The summed E-state index contributed by atoms with van der Waals surface area (Å²) in [6.45, 7) is 2.65. The molecular weight excluding hydrogens is 372 g/mol. The molecular formula is C21H23ClN6. The third-order valence-electron chi connectivity index (χ3n) is 6.10. The largest absolute Gasteiger partial charge is 0.342 e. The molecule has 2 aliphatic rings. The van der Waals surface area contributed by atoms with E-state index in [1.807, 2.05) is 24.3 Å². The second-order valence-electron chi connectivity index (χ2n) is 7.71. The topological polar surface area (TPSA) is 83.8 Å². The van der Waals surface area contributed by atoms with Gasteiger partial charge < -0.3 is 15.2 Å². The average Bonchev–Trinajstić information content (AvgIpc) is 3.37. The monoisotopic (exact) mass is 394 g/mol. The van der Waals surface area contributed by atoms with Gasteiger partial charge in [-0.25, -0.2) is 4.98 Å². The first-order chi connectivity index (χ1) is 13.2. The fourth-order valence-corrected chi connectivity index (χ4v) is 4.68. The van der Waals surface area contributed by atoms with Gasteiger partial charge in [-0.15, -0.1) is 12.4 Å². The van der Waals surface area contributed by atoms with Crippen LogP contribution in [0.2, 0.25) is 0 Å². The third-order valence-corrected chi connectivity index (χ3v) is 6.10. The Morgan fingerprint density at radius 1 is 1.14 bits per heavy atom. The highest BCUT2D eigenvalue weighted by molar-refractivity contribution is 5.85. The maximum atomic E-state index is 8.99. The summed E-state index contributed by atoms with van der Waals surface area (Å²) in [7, 11) is 0. The zero-order chi connectivity index (χ0) is 18.4. The summed E-state index contributed by atoms with van der Waals surface area (Å²) in [6, 6.07) is 14.4. The number of fused-ring (bicyclic) bond motifs is 2. The van der Waals surface area contributed by atoms with E-state index in [9.17, 15) is 0 Å². The molecule has 3 aromatic rings. The SMILES string of the molecule is Cl.N#Cc1ccc(Cn2c(N3C[C@H]4CC[C@@H](N)[C@H]4C3)nc3ccccc32)nc1.